The number of sulfone groups is 1. The monoisotopic (exact) mass is 284 g/mol. The van der Waals surface area contributed by atoms with Gasteiger partial charge in [-0.3, -0.25) is 0 Å². The first-order valence-corrected chi connectivity index (χ1v) is 8.15. The molecule has 0 bridgehead atoms. The van der Waals surface area contributed by atoms with E-state index in [1.54, 1.807) is 0 Å². The SMILES string of the molecule is C/C(=N/OCCNCCS(C)(=O)=O)c1ccccc1. The fraction of sp³-hybridized carbons (Fsp3) is 0.462. The summed E-state index contributed by atoms with van der Waals surface area (Å²) in [7, 11) is -2.90. The molecular formula is C13H20N2O3S. The third-order valence-corrected chi connectivity index (χ3v) is 3.36. The minimum atomic E-state index is -2.90. The van der Waals surface area contributed by atoms with Gasteiger partial charge in [-0.2, -0.15) is 0 Å². The molecule has 0 aliphatic rings. The Morgan fingerprint density at radius 3 is 2.58 bits per heavy atom. The minimum absolute atomic E-state index is 0.138. The summed E-state index contributed by atoms with van der Waals surface area (Å²) in [6.07, 6.45) is 1.22. The number of hydrogen-bond acceptors (Lipinski definition) is 5. The van der Waals surface area contributed by atoms with E-state index in [4.69, 9.17) is 4.84 Å². The molecule has 19 heavy (non-hydrogen) atoms. The summed E-state index contributed by atoms with van der Waals surface area (Å²) >= 11 is 0. The van der Waals surface area contributed by atoms with Gasteiger partial charge < -0.3 is 10.2 Å². The Labute approximate surface area is 114 Å². The largest absolute Gasteiger partial charge is 0.394 e. The molecule has 5 nitrogen and oxygen atoms in total. The van der Waals surface area contributed by atoms with Crippen LogP contribution in [0.25, 0.3) is 0 Å². The summed E-state index contributed by atoms with van der Waals surface area (Å²) in [4.78, 5) is 5.16. The summed E-state index contributed by atoms with van der Waals surface area (Å²) in [5.74, 6) is 0.138. The summed E-state index contributed by atoms with van der Waals surface area (Å²) in [6, 6.07) is 9.77. The Bertz CT molecular complexity index is 498. The number of nitrogens with zero attached hydrogens (tertiary/aromatic N) is 1. The lowest BCUT2D eigenvalue weighted by atomic mass is 10.1. The molecule has 0 aliphatic heterocycles. The van der Waals surface area contributed by atoms with Gasteiger partial charge in [0.25, 0.3) is 0 Å². The van der Waals surface area contributed by atoms with Crippen LogP contribution in [0, 0.1) is 0 Å². The molecule has 0 unspecified atom stereocenters. The van der Waals surface area contributed by atoms with Gasteiger partial charge >= 0.3 is 0 Å². The van der Waals surface area contributed by atoms with E-state index in [9.17, 15) is 8.42 Å². The van der Waals surface area contributed by atoms with Crippen molar-refractivity contribution in [2.75, 3.05) is 31.7 Å². The van der Waals surface area contributed by atoms with Gasteiger partial charge in [-0.15, -0.1) is 0 Å². The topological polar surface area (TPSA) is 67.8 Å². The van der Waals surface area contributed by atoms with Gasteiger partial charge in [0.2, 0.25) is 0 Å². The average Bonchev–Trinajstić information content (AvgIpc) is 2.37. The first-order valence-electron chi connectivity index (χ1n) is 6.09. The van der Waals surface area contributed by atoms with Crippen LogP contribution in [0.5, 0.6) is 0 Å². The summed E-state index contributed by atoms with van der Waals surface area (Å²) < 4.78 is 21.7. The molecule has 0 atom stereocenters. The fourth-order valence-electron chi connectivity index (χ4n) is 1.37. The maximum absolute atomic E-state index is 10.9. The molecule has 0 fully saturated rings. The lowest BCUT2D eigenvalue weighted by Crippen LogP contribution is -2.25. The van der Waals surface area contributed by atoms with Gasteiger partial charge in [-0.05, 0) is 12.5 Å². The van der Waals surface area contributed by atoms with E-state index in [0.717, 1.165) is 11.3 Å². The van der Waals surface area contributed by atoms with Crippen molar-refractivity contribution in [1.82, 2.24) is 5.32 Å². The van der Waals surface area contributed by atoms with Crippen LogP contribution in [0.4, 0.5) is 0 Å². The maximum Gasteiger partial charge on any atom is 0.148 e. The molecule has 0 saturated heterocycles. The normalized spacial score (nSPS) is 12.4. The molecule has 0 heterocycles. The molecule has 0 amide bonds. The zero-order chi connectivity index (χ0) is 14.1. The van der Waals surface area contributed by atoms with Crippen molar-refractivity contribution in [3.63, 3.8) is 0 Å². The Morgan fingerprint density at radius 1 is 1.26 bits per heavy atom. The van der Waals surface area contributed by atoms with Crippen LogP contribution in [0.3, 0.4) is 0 Å². The highest BCUT2D eigenvalue weighted by atomic mass is 32.2. The van der Waals surface area contributed by atoms with Gasteiger partial charge in [0.15, 0.2) is 0 Å². The molecule has 1 aromatic rings. The number of oxime groups is 1. The van der Waals surface area contributed by atoms with E-state index in [1.807, 2.05) is 37.3 Å². The summed E-state index contributed by atoms with van der Waals surface area (Å²) in [5, 5.41) is 6.98. The van der Waals surface area contributed by atoms with Gasteiger partial charge in [-0.25, -0.2) is 8.42 Å². The van der Waals surface area contributed by atoms with E-state index >= 15 is 0 Å². The highest BCUT2D eigenvalue weighted by Crippen LogP contribution is 2.00. The van der Waals surface area contributed by atoms with Crippen molar-refractivity contribution >= 4 is 15.5 Å². The predicted octanol–water partition coefficient (Wildman–Crippen LogP) is 1.06. The van der Waals surface area contributed by atoms with Crippen molar-refractivity contribution in [2.45, 2.75) is 6.92 Å². The van der Waals surface area contributed by atoms with E-state index in [2.05, 4.69) is 10.5 Å². The molecule has 0 aromatic heterocycles. The van der Waals surface area contributed by atoms with Crippen molar-refractivity contribution in [1.29, 1.82) is 0 Å². The molecular weight excluding hydrogens is 264 g/mol. The van der Waals surface area contributed by atoms with Gasteiger partial charge in [0, 0.05) is 19.3 Å². The Hall–Kier alpha value is -1.40. The molecule has 0 aliphatic carbocycles. The quantitative estimate of drug-likeness (QED) is 0.440. The fourth-order valence-corrected chi connectivity index (χ4v) is 1.89. The molecule has 0 spiro atoms. The van der Waals surface area contributed by atoms with E-state index < -0.39 is 9.84 Å². The van der Waals surface area contributed by atoms with Crippen LogP contribution in [-0.4, -0.2) is 45.8 Å². The average molecular weight is 284 g/mol. The third kappa shape index (κ3) is 7.58. The Balaban J connectivity index is 2.17. The number of nitrogens with one attached hydrogen (secondary N) is 1. The molecule has 0 saturated carbocycles. The lowest BCUT2D eigenvalue weighted by molar-refractivity contribution is 0.146. The lowest BCUT2D eigenvalue weighted by Gasteiger charge is -2.04. The Morgan fingerprint density at radius 2 is 1.95 bits per heavy atom. The van der Waals surface area contributed by atoms with Gasteiger partial charge in [0.1, 0.15) is 16.4 Å². The van der Waals surface area contributed by atoms with Crippen LogP contribution in [-0.2, 0) is 14.7 Å². The van der Waals surface area contributed by atoms with E-state index in [-0.39, 0.29) is 5.75 Å². The second-order valence-electron chi connectivity index (χ2n) is 4.26. The number of benzene rings is 1. The molecule has 0 radical (unpaired) electrons. The molecule has 6 heteroatoms. The number of hydrogen-bond donors (Lipinski definition) is 1. The summed E-state index contributed by atoms with van der Waals surface area (Å²) in [5.41, 5.74) is 1.84. The molecule has 1 N–H and O–H groups in total. The highest BCUT2D eigenvalue weighted by Gasteiger charge is 2.00. The van der Waals surface area contributed by atoms with Crippen molar-refractivity contribution < 1.29 is 13.3 Å². The van der Waals surface area contributed by atoms with Crippen LogP contribution >= 0.6 is 0 Å². The van der Waals surface area contributed by atoms with E-state index in [1.165, 1.54) is 6.26 Å². The van der Waals surface area contributed by atoms with Crippen molar-refractivity contribution in [3.05, 3.63) is 35.9 Å². The highest BCUT2D eigenvalue weighted by molar-refractivity contribution is 7.90. The maximum atomic E-state index is 10.9. The van der Waals surface area contributed by atoms with Crippen LogP contribution in [0.2, 0.25) is 0 Å². The van der Waals surface area contributed by atoms with Crippen LogP contribution < -0.4 is 5.32 Å². The molecule has 106 valence electrons. The smallest absolute Gasteiger partial charge is 0.148 e. The Kier molecular flexibility index (Phi) is 6.52. The van der Waals surface area contributed by atoms with Crippen molar-refractivity contribution in [2.24, 2.45) is 5.16 Å². The second-order valence-corrected chi connectivity index (χ2v) is 6.52. The minimum Gasteiger partial charge on any atom is -0.394 e. The number of rotatable bonds is 8. The molecule has 1 rings (SSSR count). The first-order chi connectivity index (χ1) is 8.99. The summed E-state index contributed by atoms with van der Waals surface area (Å²) in [6.45, 7) is 3.30. The predicted molar refractivity (Wildman–Crippen MR) is 77.2 cm³/mol. The van der Waals surface area contributed by atoms with Gasteiger partial charge in [-0.1, -0.05) is 35.5 Å². The van der Waals surface area contributed by atoms with Crippen molar-refractivity contribution in [3.8, 4) is 0 Å². The van der Waals surface area contributed by atoms with E-state index in [0.29, 0.717) is 19.7 Å². The van der Waals surface area contributed by atoms with Crippen LogP contribution in [0.15, 0.2) is 35.5 Å². The van der Waals surface area contributed by atoms with Gasteiger partial charge in [0.05, 0.1) is 11.5 Å². The first kappa shape index (κ1) is 15.7. The zero-order valence-corrected chi connectivity index (χ0v) is 12.1. The third-order valence-electron chi connectivity index (χ3n) is 2.41. The zero-order valence-electron chi connectivity index (χ0n) is 11.3. The molecule has 1 aromatic carbocycles. The van der Waals surface area contributed by atoms with Crippen LogP contribution in [0.1, 0.15) is 12.5 Å². The standard InChI is InChI=1S/C13H20N2O3S/c1-12(13-6-4-3-5-7-13)15-18-10-8-14-9-11-19(2,16)17/h3-7,14H,8-11H2,1-2H3/b15-12-. The second kappa shape index (κ2) is 7.91.